The van der Waals surface area contributed by atoms with Crippen molar-refractivity contribution in [1.29, 1.82) is 0 Å². The Morgan fingerprint density at radius 3 is 1.95 bits per heavy atom. The monoisotopic (exact) mass is 570 g/mol. The average molecular weight is 571 g/mol. The molecule has 2 aromatic carbocycles. The number of methoxy groups -OCH3 is 2. The highest BCUT2D eigenvalue weighted by atomic mass is 16.5. The third-order valence-corrected chi connectivity index (χ3v) is 7.12. The molecule has 0 aromatic heterocycles. The topological polar surface area (TPSA) is 108 Å². The minimum absolute atomic E-state index is 0.0188. The summed E-state index contributed by atoms with van der Waals surface area (Å²) < 4.78 is 21.6. The van der Waals surface area contributed by atoms with Crippen molar-refractivity contribution in [2.75, 3.05) is 27.4 Å². The largest absolute Gasteiger partial charge is 0.507 e. The first-order valence-corrected chi connectivity index (χ1v) is 14.7. The Morgan fingerprint density at radius 2 is 1.32 bits per heavy atom. The molecule has 41 heavy (non-hydrogen) atoms. The average Bonchev–Trinajstić information content (AvgIpc) is 2.97. The smallest absolute Gasteiger partial charge is 0.305 e. The molecule has 2 aromatic rings. The van der Waals surface area contributed by atoms with Crippen LogP contribution in [0.25, 0.3) is 0 Å². The number of aryl methyl sites for hydroxylation is 1. The molecular formula is C33H46O8. The SMILES string of the molecule is CCc1c(OCCCCCCc2cccc(OCCCCCC(=O)OC)c2CCC(=O)OC)ccc(C(C)=O)c1O. The Balaban J connectivity index is 1.85. The molecule has 0 fully saturated rings. The van der Waals surface area contributed by atoms with E-state index in [1.807, 2.05) is 19.1 Å². The summed E-state index contributed by atoms with van der Waals surface area (Å²) in [6.45, 7) is 4.46. The molecule has 0 radical (unpaired) electrons. The van der Waals surface area contributed by atoms with E-state index in [0.29, 0.717) is 55.8 Å². The van der Waals surface area contributed by atoms with Crippen molar-refractivity contribution in [3.63, 3.8) is 0 Å². The second-order valence-electron chi connectivity index (χ2n) is 10.1. The summed E-state index contributed by atoms with van der Waals surface area (Å²) in [6.07, 6.45) is 9.12. The summed E-state index contributed by atoms with van der Waals surface area (Å²) in [7, 11) is 2.80. The molecule has 0 spiro atoms. The number of unbranched alkanes of at least 4 members (excludes halogenated alkanes) is 5. The van der Waals surface area contributed by atoms with Crippen LogP contribution in [0.2, 0.25) is 0 Å². The Kier molecular flexibility index (Phi) is 15.4. The van der Waals surface area contributed by atoms with Gasteiger partial charge in [0.1, 0.15) is 17.2 Å². The molecule has 0 bridgehead atoms. The van der Waals surface area contributed by atoms with Crippen LogP contribution in [0.15, 0.2) is 30.3 Å². The van der Waals surface area contributed by atoms with Gasteiger partial charge < -0.3 is 24.1 Å². The van der Waals surface area contributed by atoms with Gasteiger partial charge >= 0.3 is 11.9 Å². The van der Waals surface area contributed by atoms with Crippen molar-refractivity contribution < 1.29 is 38.4 Å². The second-order valence-corrected chi connectivity index (χ2v) is 10.1. The number of Topliss-reactive ketones (excluding diaryl/α,β-unsaturated/α-hetero) is 1. The molecular weight excluding hydrogens is 524 g/mol. The molecule has 8 heteroatoms. The van der Waals surface area contributed by atoms with Gasteiger partial charge in [0.15, 0.2) is 5.78 Å². The normalized spacial score (nSPS) is 10.7. The number of carbonyl (C=O) groups is 3. The molecule has 0 aliphatic heterocycles. The summed E-state index contributed by atoms with van der Waals surface area (Å²) in [6, 6.07) is 9.43. The number of rotatable bonds is 20. The van der Waals surface area contributed by atoms with Crippen molar-refractivity contribution in [2.45, 2.75) is 90.9 Å². The lowest BCUT2D eigenvalue weighted by atomic mass is 9.96. The number of ketones is 1. The molecule has 226 valence electrons. The number of benzene rings is 2. The first kappa shape index (κ1) is 33.7. The van der Waals surface area contributed by atoms with Crippen LogP contribution >= 0.6 is 0 Å². The van der Waals surface area contributed by atoms with Crippen LogP contribution in [0.4, 0.5) is 0 Å². The van der Waals surface area contributed by atoms with E-state index in [1.54, 1.807) is 12.1 Å². The number of phenolic OH excluding ortho intramolecular Hbond substituents is 1. The molecule has 0 amide bonds. The zero-order valence-corrected chi connectivity index (χ0v) is 25.1. The highest BCUT2D eigenvalue weighted by Crippen LogP contribution is 2.32. The van der Waals surface area contributed by atoms with Gasteiger partial charge in [-0.3, -0.25) is 14.4 Å². The van der Waals surface area contributed by atoms with Crippen LogP contribution in [0.1, 0.15) is 98.7 Å². The molecule has 0 saturated carbocycles. The van der Waals surface area contributed by atoms with Crippen molar-refractivity contribution in [1.82, 2.24) is 0 Å². The lowest BCUT2D eigenvalue weighted by Gasteiger charge is -2.16. The first-order chi connectivity index (χ1) is 19.8. The number of hydrogen-bond donors (Lipinski definition) is 1. The van der Waals surface area contributed by atoms with Crippen LogP contribution in [0.5, 0.6) is 17.2 Å². The van der Waals surface area contributed by atoms with Gasteiger partial charge in [0.2, 0.25) is 0 Å². The third kappa shape index (κ3) is 11.5. The summed E-state index contributed by atoms with van der Waals surface area (Å²) >= 11 is 0. The van der Waals surface area contributed by atoms with E-state index in [4.69, 9.17) is 14.2 Å². The van der Waals surface area contributed by atoms with Crippen LogP contribution in [0, 0.1) is 0 Å². The molecule has 0 aliphatic rings. The van der Waals surface area contributed by atoms with Gasteiger partial charge in [-0.25, -0.2) is 0 Å². The van der Waals surface area contributed by atoms with Crippen molar-refractivity contribution in [2.24, 2.45) is 0 Å². The van der Waals surface area contributed by atoms with E-state index in [0.717, 1.165) is 62.7 Å². The maximum atomic E-state index is 11.8. The van der Waals surface area contributed by atoms with Crippen molar-refractivity contribution in [3.05, 3.63) is 52.6 Å². The maximum Gasteiger partial charge on any atom is 0.305 e. The zero-order valence-electron chi connectivity index (χ0n) is 25.1. The summed E-state index contributed by atoms with van der Waals surface area (Å²) in [5, 5.41) is 10.4. The van der Waals surface area contributed by atoms with E-state index in [9.17, 15) is 19.5 Å². The summed E-state index contributed by atoms with van der Waals surface area (Å²) in [4.78, 5) is 34.8. The fourth-order valence-electron chi connectivity index (χ4n) is 4.76. The first-order valence-electron chi connectivity index (χ1n) is 14.7. The van der Waals surface area contributed by atoms with Gasteiger partial charge in [-0.05, 0) is 87.6 Å². The number of esters is 2. The number of phenols is 1. The van der Waals surface area contributed by atoms with Gasteiger partial charge in [-0.2, -0.15) is 0 Å². The molecule has 2 rings (SSSR count). The van der Waals surface area contributed by atoms with Gasteiger partial charge in [-0.15, -0.1) is 0 Å². The second kappa shape index (κ2) is 18.7. The molecule has 0 saturated heterocycles. The van der Waals surface area contributed by atoms with Gasteiger partial charge in [0.25, 0.3) is 0 Å². The highest BCUT2D eigenvalue weighted by Gasteiger charge is 2.15. The molecule has 0 aliphatic carbocycles. The quantitative estimate of drug-likeness (QED) is 0.108. The van der Waals surface area contributed by atoms with Gasteiger partial charge in [0, 0.05) is 18.4 Å². The predicted molar refractivity (Wildman–Crippen MR) is 158 cm³/mol. The number of aromatic hydroxyl groups is 1. The van der Waals surface area contributed by atoms with E-state index in [-0.39, 0.29) is 23.5 Å². The fourth-order valence-corrected chi connectivity index (χ4v) is 4.76. The highest BCUT2D eigenvalue weighted by molar-refractivity contribution is 5.97. The van der Waals surface area contributed by atoms with Crippen molar-refractivity contribution in [3.8, 4) is 17.2 Å². The summed E-state index contributed by atoms with van der Waals surface area (Å²) in [5.74, 6) is 0.850. The van der Waals surface area contributed by atoms with E-state index >= 15 is 0 Å². The number of hydrogen-bond acceptors (Lipinski definition) is 8. The van der Waals surface area contributed by atoms with Crippen LogP contribution in [-0.2, 0) is 38.3 Å². The third-order valence-electron chi connectivity index (χ3n) is 7.12. The lowest BCUT2D eigenvalue weighted by molar-refractivity contribution is -0.141. The van der Waals surface area contributed by atoms with Gasteiger partial charge in [-0.1, -0.05) is 31.9 Å². The Labute approximate surface area is 244 Å². The Hall–Kier alpha value is -3.55. The van der Waals surface area contributed by atoms with Crippen LogP contribution < -0.4 is 9.47 Å². The molecule has 0 atom stereocenters. The standard InChI is InChI=1S/C33H46O8/c1-5-26-30(20-18-27(24(2)34)33(26)37)41-22-11-7-6-9-14-25-15-13-16-29(28(25)19-21-32(36)39-4)40-23-12-8-10-17-31(35)38-3/h13,15-16,18,20,37H,5-12,14,17,19,21-23H2,1-4H3. The van der Waals surface area contributed by atoms with E-state index in [2.05, 4.69) is 10.8 Å². The zero-order chi connectivity index (χ0) is 30.0. The maximum absolute atomic E-state index is 11.8. The Bertz CT molecular complexity index is 1120. The predicted octanol–water partition coefficient (Wildman–Crippen LogP) is 6.56. The number of ether oxygens (including phenoxy) is 4. The van der Waals surface area contributed by atoms with Gasteiger partial charge in [0.05, 0.1) is 33.0 Å². The molecule has 1 N–H and O–H groups in total. The van der Waals surface area contributed by atoms with Crippen molar-refractivity contribution >= 4 is 17.7 Å². The Morgan fingerprint density at radius 1 is 0.707 bits per heavy atom. The number of carbonyl (C=O) groups excluding carboxylic acids is 3. The minimum atomic E-state index is -0.246. The molecule has 8 nitrogen and oxygen atoms in total. The van der Waals surface area contributed by atoms with Crippen LogP contribution in [0.3, 0.4) is 0 Å². The summed E-state index contributed by atoms with van der Waals surface area (Å²) in [5.41, 5.74) is 3.23. The molecule has 0 unspecified atom stereocenters. The van der Waals surface area contributed by atoms with Crippen LogP contribution in [-0.4, -0.2) is 50.3 Å². The van der Waals surface area contributed by atoms with E-state index in [1.165, 1.54) is 26.7 Å². The lowest BCUT2D eigenvalue weighted by Crippen LogP contribution is -2.07. The molecule has 0 heterocycles. The minimum Gasteiger partial charge on any atom is -0.507 e. The van der Waals surface area contributed by atoms with E-state index < -0.39 is 0 Å². The fraction of sp³-hybridized carbons (Fsp3) is 0.545.